The zero-order chi connectivity index (χ0) is 11.2. The molecule has 1 aromatic carbocycles. The molecule has 0 amide bonds. The van der Waals surface area contributed by atoms with Gasteiger partial charge in [-0.2, -0.15) is 0 Å². The van der Waals surface area contributed by atoms with Crippen LogP contribution in [0.5, 0.6) is 5.75 Å². The number of rotatable bonds is 4. The maximum atomic E-state index is 5.14. The lowest BCUT2D eigenvalue weighted by Gasteiger charge is -2.22. The molecule has 0 radical (unpaired) electrons. The van der Waals surface area contributed by atoms with Crippen molar-refractivity contribution in [2.75, 3.05) is 26.0 Å². The second-order valence-electron chi connectivity index (χ2n) is 4.20. The monoisotopic (exact) mass is 237 g/mol. The van der Waals surface area contributed by atoms with E-state index in [4.69, 9.17) is 4.74 Å². The summed E-state index contributed by atoms with van der Waals surface area (Å²) in [5.74, 6) is 2.99. The molecule has 1 aromatic rings. The average Bonchev–Trinajstić information content (AvgIpc) is 2.38. The van der Waals surface area contributed by atoms with Crippen molar-refractivity contribution in [2.24, 2.45) is 5.92 Å². The third kappa shape index (κ3) is 3.42. The number of hydrogen-bond donors (Lipinski definition) is 1. The summed E-state index contributed by atoms with van der Waals surface area (Å²) in [5, 5.41) is 3.46. The molecule has 1 aliphatic rings. The smallest absolute Gasteiger partial charge is 0.118 e. The third-order valence-corrected chi connectivity index (χ3v) is 4.19. The molecule has 0 aromatic heterocycles. The zero-order valence-electron chi connectivity index (χ0n) is 9.74. The van der Waals surface area contributed by atoms with Gasteiger partial charge in [-0.25, -0.2) is 0 Å². The lowest BCUT2D eigenvalue weighted by Crippen LogP contribution is -2.30. The minimum Gasteiger partial charge on any atom is -0.497 e. The Morgan fingerprint density at radius 1 is 1.38 bits per heavy atom. The first-order valence-corrected chi connectivity index (χ1v) is 6.84. The highest BCUT2D eigenvalue weighted by Crippen LogP contribution is 2.25. The van der Waals surface area contributed by atoms with Gasteiger partial charge in [0.05, 0.1) is 7.11 Å². The molecule has 2 nitrogen and oxygen atoms in total. The van der Waals surface area contributed by atoms with E-state index in [9.17, 15) is 0 Å². The standard InChI is InChI=1S/C13H19NOS/c1-15-12-4-6-13(7-5-12)16-10-11-3-2-8-14-9-11/h4-7,11,14H,2-3,8-10H2,1H3/t11-/m1/s1. The molecular formula is C13H19NOS. The Morgan fingerprint density at radius 3 is 2.81 bits per heavy atom. The van der Waals surface area contributed by atoms with Gasteiger partial charge in [0.15, 0.2) is 0 Å². The molecule has 16 heavy (non-hydrogen) atoms. The van der Waals surface area contributed by atoms with E-state index in [2.05, 4.69) is 17.4 Å². The number of ether oxygens (including phenoxy) is 1. The molecule has 1 atom stereocenters. The predicted molar refractivity (Wildman–Crippen MR) is 69.3 cm³/mol. The summed E-state index contributed by atoms with van der Waals surface area (Å²) in [6, 6.07) is 8.34. The van der Waals surface area contributed by atoms with Gasteiger partial charge in [0.25, 0.3) is 0 Å². The largest absolute Gasteiger partial charge is 0.497 e. The molecule has 1 aliphatic heterocycles. The van der Waals surface area contributed by atoms with E-state index in [1.807, 2.05) is 23.9 Å². The fourth-order valence-corrected chi connectivity index (χ4v) is 2.99. The summed E-state index contributed by atoms with van der Waals surface area (Å²) in [4.78, 5) is 1.34. The predicted octanol–water partition coefficient (Wildman–Crippen LogP) is 2.79. The SMILES string of the molecule is COc1ccc(SC[C@@H]2CCCNC2)cc1. The molecule has 1 N–H and O–H groups in total. The highest BCUT2D eigenvalue weighted by atomic mass is 32.2. The number of nitrogens with one attached hydrogen (secondary N) is 1. The fraction of sp³-hybridized carbons (Fsp3) is 0.538. The van der Waals surface area contributed by atoms with Gasteiger partial charge in [0.2, 0.25) is 0 Å². The Bertz CT molecular complexity index is 306. The van der Waals surface area contributed by atoms with Crippen LogP contribution in [0.4, 0.5) is 0 Å². The van der Waals surface area contributed by atoms with E-state index in [-0.39, 0.29) is 0 Å². The van der Waals surface area contributed by atoms with Crippen LogP contribution in [0.1, 0.15) is 12.8 Å². The number of benzene rings is 1. The van der Waals surface area contributed by atoms with E-state index >= 15 is 0 Å². The number of methoxy groups -OCH3 is 1. The third-order valence-electron chi connectivity index (χ3n) is 2.94. The molecule has 1 fully saturated rings. The molecule has 0 saturated carbocycles. The van der Waals surface area contributed by atoms with Crippen LogP contribution in [0.25, 0.3) is 0 Å². The van der Waals surface area contributed by atoms with Gasteiger partial charge in [-0.05, 0) is 56.1 Å². The van der Waals surface area contributed by atoms with Crippen molar-refractivity contribution < 1.29 is 4.74 Å². The van der Waals surface area contributed by atoms with Gasteiger partial charge in [-0.15, -0.1) is 11.8 Å². The lowest BCUT2D eigenvalue weighted by molar-refractivity contribution is 0.410. The summed E-state index contributed by atoms with van der Waals surface area (Å²) in [6.45, 7) is 2.38. The first-order valence-electron chi connectivity index (χ1n) is 5.86. The van der Waals surface area contributed by atoms with Crippen molar-refractivity contribution >= 4 is 11.8 Å². The van der Waals surface area contributed by atoms with Crippen LogP contribution in [0.15, 0.2) is 29.2 Å². The van der Waals surface area contributed by atoms with Gasteiger partial charge >= 0.3 is 0 Å². The zero-order valence-corrected chi connectivity index (χ0v) is 10.6. The van der Waals surface area contributed by atoms with E-state index in [1.165, 1.54) is 36.6 Å². The van der Waals surface area contributed by atoms with Crippen LogP contribution in [0, 0.1) is 5.92 Å². The minimum atomic E-state index is 0.834. The Morgan fingerprint density at radius 2 is 2.19 bits per heavy atom. The first-order chi connectivity index (χ1) is 7.88. The van der Waals surface area contributed by atoms with Crippen LogP contribution in [-0.4, -0.2) is 26.0 Å². The topological polar surface area (TPSA) is 21.3 Å². The van der Waals surface area contributed by atoms with Crippen molar-refractivity contribution in [1.29, 1.82) is 0 Å². The van der Waals surface area contributed by atoms with Crippen LogP contribution in [0.3, 0.4) is 0 Å². The van der Waals surface area contributed by atoms with Gasteiger partial charge in [0, 0.05) is 10.6 Å². The molecule has 88 valence electrons. The minimum absolute atomic E-state index is 0.834. The molecule has 1 heterocycles. The molecule has 0 bridgehead atoms. The maximum absolute atomic E-state index is 5.14. The normalized spacial score (nSPS) is 20.7. The summed E-state index contributed by atoms with van der Waals surface area (Å²) in [7, 11) is 1.70. The molecule has 2 rings (SSSR count). The molecule has 0 unspecified atom stereocenters. The second kappa shape index (κ2) is 6.16. The van der Waals surface area contributed by atoms with Gasteiger partial charge < -0.3 is 10.1 Å². The number of thioether (sulfide) groups is 1. The van der Waals surface area contributed by atoms with E-state index < -0.39 is 0 Å². The Kier molecular flexibility index (Phi) is 4.55. The average molecular weight is 237 g/mol. The quantitative estimate of drug-likeness (QED) is 0.814. The maximum Gasteiger partial charge on any atom is 0.118 e. The highest BCUT2D eigenvalue weighted by Gasteiger charge is 2.12. The molecule has 1 saturated heterocycles. The van der Waals surface area contributed by atoms with E-state index in [1.54, 1.807) is 7.11 Å². The molecular weight excluding hydrogens is 218 g/mol. The van der Waals surface area contributed by atoms with Gasteiger partial charge in [-0.1, -0.05) is 0 Å². The Hall–Kier alpha value is -0.670. The first kappa shape index (κ1) is 11.8. The molecule has 0 spiro atoms. The molecule has 3 heteroatoms. The van der Waals surface area contributed by atoms with Crippen molar-refractivity contribution in [3.05, 3.63) is 24.3 Å². The van der Waals surface area contributed by atoms with Crippen LogP contribution >= 0.6 is 11.8 Å². The lowest BCUT2D eigenvalue weighted by atomic mass is 10.0. The number of piperidine rings is 1. The Labute approximate surface area is 102 Å². The fourth-order valence-electron chi connectivity index (χ4n) is 1.95. The van der Waals surface area contributed by atoms with E-state index in [0.29, 0.717) is 0 Å². The van der Waals surface area contributed by atoms with E-state index in [0.717, 1.165) is 11.7 Å². The van der Waals surface area contributed by atoms with Crippen LogP contribution < -0.4 is 10.1 Å². The van der Waals surface area contributed by atoms with Crippen molar-refractivity contribution in [1.82, 2.24) is 5.32 Å². The highest BCUT2D eigenvalue weighted by molar-refractivity contribution is 7.99. The van der Waals surface area contributed by atoms with Crippen LogP contribution in [0.2, 0.25) is 0 Å². The van der Waals surface area contributed by atoms with Crippen molar-refractivity contribution in [3.8, 4) is 5.75 Å². The summed E-state index contributed by atoms with van der Waals surface area (Å²) < 4.78 is 5.14. The summed E-state index contributed by atoms with van der Waals surface area (Å²) >= 11 is 1.95. The van der Waals surface area contributed by atoms with Gasteiger partial charge in [-0.3, -0.25) is 0 Å². The van der Waals surface area contributed by atoms with Crippen molar-refractivity contribution in [3.63, 3.8) is 0 Å². The second-order valence-corrected chi connectivity index (χ2v) is 5.29. The van der Waals surface area contributed by atoms with Crippen molar-refractivity contribution in [2.45, 2.75) is 17.7 Å². The summed E-state index contributed by atoms with van der Waals surface area (Å²) in [6.07, 6.45) is 2.70. The summed E-state index contributed by atoms with van der Waals surface area (Å²) in [5.41, 5.74) is 0. The molecule has 0 aliphatic carbocycles. The Balaban J connectivity index is 1.79. The van der Waals surface area contributed by atoms with Gasteiger partial charge in [0.1, 0.15) is 5.75 Å². The number of hydrogen-bond acceptors (Lipinski definition) is 3. The van der Waals surface area contributed by atoms with Crippen LogP contribution in [-0.2, 0) is 0 Å².